The van der Waals surface area contributed by atoms with Crippen LogP contribution in [0.1, 0.15) is 22.3 Å². The van der Waals surface area contributed by atoms with Crippen LogP contribution in [0.15, 0.2) is 72.3 Å². The molecule has 216 valence electrons. The van der Waals surface area contributed by atoms with E-state index in [4.69, 9.17) is 23.7 Å². The maximum Gasteiger partial charge on any atom is 0.336 e. The summed E-state index contributed by atoms with van der Waals surface area (Å²) in [4.78, 5) is 26.9. The number of rotatable bonds is 10. The first-order valence-electron chi connectivity index (χ1n) is 13.3. The lowest BCUT2D eigenvalue weighted by molar-refractivity contribution is -0.130. The van der Waals surface area contributed by atoms with E-state index in [1.807, 2.05) is 43.3 Å². The predicted octanol–water partition coefficient (Wildman–Crippen LogP) is 4.98. The van der Waals surface area contributed by atoms with Crippen molar-refractivity contribution >= 4 is 24.0 Å². The van der Waals surface area contributed by atoms with Crippen LogP contribution < -0.4 is 18.9 Å². The van der Waals surface area contributed by atoms with Crippen molar-refractivity contribution in [3.63, 3.8) is 0 Å². The van der Waals surface area contributed by atoms with Gasteiger partial charge in [0.2, 0.25) is 0 Å². The molecule has 1 aliphatic heterocycles. The summed E-state index contributed by atoms with van der Waals surface area (Å²) in [5, 5.41) is 9.55. The Bertz CT molecular complexity index is 1530. The Morgan fingerprint density at radius 1 is 0.929 bits per heavy atom. The quantitative estimate of drug-likeness (QED) is 0.146. The largest absolute Gasteiger partial charge is 0.493 e. The molecule has 0 N–H and O–H groups in total. The molecule has 3 aromatic carbocycles. The number of carbonyl (C=O) groups excluding carboxylic acids is 2. The number of methoxy groups -OCH3 is 2. The minimum atomic E-state index is -0.615. The van der Waals surface area contributed by atoms with Crippen LogP contribution in [0.2, 0.25) is 0 Å². The van der Waals surface area contributed by atoms with E-state index in [2.05, 4.69) is 0 Å². The zero-order chi connectivity index (χ0) is 29.9. The second-order valence-electron chi connectivity index (χ2n) is 9.36. The topological polar surface area (TPSA) is 107 Å². The molecule has 1 saturated heterocycles. The van der Waals surface area contributed by atoms with Crippen molar-refractivity contribution < 1.29 is 33.3 Å². The maximum atomic E-state index is 12.7. The van der Waals surface area contributed by atoms with Crippen molar-refractivity contribution in [3.05, 3.63) is 94.6 Å². The van der Waals surface area contributed by atoms with Crippen molar-refractivity contribution in [1.29, 1.82) is 5.26 Å². The summed E-state index contributed by atoms with van der Waals surface area (Å²) in [6.45, 7) is 4.18. The fourth-order valence-electron chi connectivity index (χ4n) is 4.24. The van der Waals surface area contributed by atoms with Crippen LogP contribution in [-0.2, 0) is 20.9 Å². The number of nitriles is 1. The van der Waals surface area contributed by atoms with Crippen LogP contribution in [0.25, 0.3) is 12.2 Å². The van der Waals surface area contributed by atoms with Crippen LogP contribution in [0, 0.1) is 18.3 Å². The molecule has 0 saturated carbocycles. The highest BCUT2D eigenvalue weighted by molar-refractivity contribution is 6.01. The van der Waals surface area contributed by atoms with Gasteiger partial charge in [0.1, 0.15) is 18.2 Å². The standard InChI is InChI=1S/C33H32N2O7/c1-23-6-4-5-7-26(23)22-41-28-11-8-24(19-30(28)38-2)10-13-32(36)42-29-12-9-25(20-31(29)39-3)18-27(21-34)33(37)35-14-16-40-17-15-35/h4-13,18-20H,14-17,22H2,1-3H3/b13-10+,27-18+. The molecule has 1 heterocycles. The van der Waals surface area contributed by atoms with Crippen molar-refractivity contribution in [2.75, 3.05) is 40.5 Å². The number of carbonyl (C=O) groups is 2. The second-order valence-corrected chi connectivity index (χ2v) is 9.36. The Morgan fingerprint density at radius 3 is 2.31 bits per heavy atom. The molecule has 1 amide bonds. The molecule has 4 rings (SSSR count). The number of morpholine rings is 1. The highest BCUT2D eigenvalue weighted by Gasteiger charge is 2.21. The number of esters is 1. The van der Waals surface area contributed by atoms with E-state index in [0.717, 1.165) is 11.1 Å². The minimum Gasteiger partial charge on any atom is -0.493 e. The number of amides is 1. The smallest absolute Gasteiger partial charge is 0.336 e. The lowest BCUT2D eigenvalue weighted by Gasteiger charge is -2.26. The molecular weight excluding hydrogens is 536 g/mol. The minimum absolute atomic E-state index is 0.00587. The summed E-state index contributed by atoms with van der Waals surface area (Å²) in [6, 6.07) is 20.1. The normalized spacial score (nSPS) is 13.4. The van der Waals surface area contributed by atoms with Gasteiger partial charge in [-0.1, -0.05) is 36.4 Å². The molecule has 0 bridgehead atoms. The Balaban J connectivity index is 1.41. The van der Waals surface area contributed by atoms with E-state index < -0.39 is 5.97 Å². The Kier molecular flexibility index (Phi) is 10.3. The first-order valence-corrected chi connectivity index (χ1v) is 13.3. The molecule has 42 heavy (non-hydrogen) atoms. The molecule has 0 atom stereocenters. The van der Waals surface area contributed by atoms with Crippen molar-refractivity contribution in [3.8, 4) is 29.1 Å². The monoisotopic (exact) mass is 568 g/mol. The van der Waals surface area contributed by atoms with E-state index in [9.17, 15) is 14.9 Å². The third-order valence-electron chi connectivity index (χ3n) is 6.60. The summed E-state index contributed by atoms with van der Waals surface area (Å²) in [5.41, 5.74) is 3.49. The molecule has 9 nitrogen and oxygen atoms in total. The van der Waals surface area contributed by atoms with Crippen LogP contribution in [0.3, 0.4) is 0 Å². The second kappa shape index (κ2) is 14.5. The number of ether oxygens (including phenoxy) is 5. The van der Waals surface area contributed by atoms with E-state index >= 15 is 0 Å². The molecule has 1 aliphatic rings. The first-order chi connectivity index (χ1) is 20.4. The first kappa shape index (κ1) is 29.9. The highest BCUT2D eigenvalue weighted by Crippen LogP contribution is 2.31. The molecule has 9 heteroatoms. The van der Waals surface area contributed by atoms with E-state index in [-0.39, 0.29) is 23.0 Å². The molecule has 1 fully saturated rings. The number of nitrogens with zero attached hydrogens (tertiary/aromatic N) is 2. The Morgan fingerprint density at radius 2 is 1.60 bits per heavy atom. The molecule has 0 aliphatic carbocycles. The highest BCUT2D eigenvalue weighted by atomic mass is 16.6. The van der Waals surface area contributed by atoms with Gasteiger partial charge in [0.25, 0.3) is 5.91 Å². The lowest BCUT2D eigenvalue weighted by Crippen LogP contribution is -2.41. The molecule has 0 aromatic heterocycles. The van der Waals surface area contributed by atoms with Gasteiger partial charge in [0.15, 0.2) is 23.0 Å². The van der Waals surface area contributed by atoms with Gasteiger partial charge in [-0.05, 0) is 65.6 Å². The molecule has 0 spiro atoms. The van der Waals surface area contributed by atoms with E-state index in [1.165, 1.54) is 19.3 Å². The zero-order valence-corrected chi connectivity index (χ0v) is 23.8. The van der Waals surface area contributed by atoms with Crippen LogP contribution in [0.4, 0.5) is 0 Å². The molecule has 0 radical (unpaired) electrons. The number of benzene rings is 3. The van der Waals surface area contributed by atoms with Crippen LogP contribution in [0.5, 0.6) is 23.0 Å². The number of hydrogen-bond donors (Lipinski definition) is 0. The van der Waals surface area contributed by atoms with E-state index in [1.54, 1.807) is 48.4 Å². The van der Waals surface area contributed by atoms with Gasteiger partial charge < -0.3 is 28.6 Å². The zero-order valence-electron chi connectivity index (χ0n) is 23.8. The van der Waals surface area contributed by atoms with E-state index in [0.29, 0.717) is 55.5 Å². The lowest BCUT2D eigenvalue weighted by atomic mass is 10.1. The summed E-state index contributed by atoms with van der Waals surface area (Å²) < 4.78 is 27.6. The van der Waals surface area contributed by atoms with Gasteiger partial charge >= 0.3 is 5.97 Å². The fraction of sp³-hybridized carbons (Fsp3) is 0.242. The third kappa shape index (κ3) is 7.77. The SMILES string of the molecule is COc1cc(/C=C/C(=O)Oc2ccc(/C=C(\C#N)C(=O)N3CCOCC3)cc2OC)ccc1OCc1ccccc1C. The molecular formula is C33H32N2O7. The summed E-state index contributed by atoms with van der Waals surface area (Å²) in [6.07, 6.45) is 4.38. The Labute approximate surface area is 245 Å². The van der Waals surface area contributed by atoms with Gasteiger partial charge in [-0.3, -0.25) is 4.79 Å². The average Bonchev–Trinajstić information content (AvgIpc) is 3.03. The van der Waals surface area contributed by atoms with Gasteiger partial charge in [0, 0.05) is 19.2 Å². The van der Waals surface area contributed by atoms with Crippen molar-refractivity contribution in [2.24, 2.45) is 0 Å². The molecule has 0 unspecified atom stereocenters. The van der Waals surface area contributed by atoms with Crippen LogP contribution >= 0.6 is 0 Å². The third-order valence-corrected chi connectivity index (χ3v) is 6.60. The summed E-state index contributed by atoms with van der Waals surface area (Å²) in [5.74, 6) is 0.621. The number of aryl methyl sites for hydroxylation is 1. The summed E-state index contributed by atoms with van der Waals surface area (Å²) in [7, 11) is 3.00. The predicted molar refractivity (Wildman–Crippen MR) is 157 cm³/mol. The van der Waals surface area contributed by atoms with Gasteiger partial charge in [-0.25, -0.2) is 4.79 Å². The van der Waals surface area contributed by atoms with Gasteiger partial charge in [0.05, 0.1) is 27.4 Å². The summed E-state index contributed by atoms with van der Waals surface area (Å²) >= 11 is 0. The molecule has 3 aromatic rings. The van der Waals surface area contributed by atoms with Gasteiger partial charge in [-0.15, -0.1) is 0 Å². The van der Waals surface area contributed by atoms with Crippen LogP contribution in [-0.4, -0.2) is 57.3 Å². The number of hydrogen-bond acceptors (Lipinski definition) is 8. The Hall–Kier alpha value is -5.07. The fourth-order valence-corrected chi connectivity index (χ4v) is 4.24. The average molecular weight is 569 g/mol. The van der Waals surface area contributed by atoms with Crippen molar-refractivity contribution in [1.82, 2.24) is 4.90 Å². The van der Waals surface area contributed by atoms with Crippen molar-refractivity contribution in [2.45, 2.75) is 13.5 Å². The van der Waals surface area contributed by atoms with Gasteiger partial charge in [-0.2, -0.15) is 5.26 Å². The maximum absolute atomic E-state index is 12.7.